The van der Waals surface area contributed by atoms with Gasteiger partial charge in [0.25, 0.3) is 0 Å². The molecule has 310 valence electrons. The van der Waals surface area contributed by atoms with Gasteiger partial charge in [0, 0.05) is 40.3 Å². The molecule has 0 saturated heterocycles. The zero-order chi connectivity index (χ0) is 42.9. The summed E-state index contributed by atoms with van der Waals surface area (Å²) in [4.78, 5) is 99.6. The molecule has 1 amide bonds. The second-order valence-electron chi connectivity index (χ2n) is 10.5. The molecule has 26 heteroatoms. The van der Waals surface area contributed by atoms with Gasteiger partial charge in [-0.2, -0.15) is 0 Å². The molecule has 0 spiro atoms. The average molecular weight is 814 g/mol. The Balaban J connectivity index is -0.000000217. The van der Waals surface area contributed by atoms with Crippen molar-refractivity contribution >= 4 is 76.5 Å². The van der Waals surface area contributed by atoms with Crippen LogP contribution in [0.15, 0.2) is 0 Å². The van der Waals surface area contributed by atoms with E-state index in [4.69, 9.17) is 40.9 Å². The number of aliphatic carboxylic acids is 8. The summed E-state index contributed by atoms with van der Waals surface area (Å²) in [6.07, 6.45) is 7.31. The fourth-order valence-corrected chi connectivity index (χ4v) is 2.95. The van der Waals surface area contributed by atoms with Gasteiger partial charge in [-0.3, -0.25) is 62.8 Å². The first kappa shape index (κ1) is 58.0. The number of carboxylic acids is 8. The van der Waals surface area contributed by atoms with E-state index in [9.17, 15) is 52.3 Å². The van der Waals surface area contributed by atoms with Crippen LogP contribution >= 0.6 is 0 Å². The Morgan fingerprint density at radius 1 is 0.415 bits per heavy atom. The van der Waals surface area contributed by atoms with E-state index < -0.39 is 122 Å². The van der Waals surface area contributed by atoms with E-state index in [-0.39, 0.29) is 26.2 Å². The first-order valence-corrected chi connectivity index (χ1v) is 18.3. The van der Waals surface area contributed by atoms with E-state index in [1.165, 1.54) is 4.90 Å². The number of rotatable bonds is 23. The van der Waals surface area contributed by atoms with Gasteiger partial charge in [-0.25, -0.2) is 0 Å². The molecular weight excluding hydrogens is 762 g/mol. The highest BCUT2D eigenvalue weighted by Gasteiger charge is 2.19. The van der Waals surface area contributed by atoms with Crippen LogP contribution in [-0.2, 0) is 65.5 Å². The Morgan fingerprint density at radius 2 is 0.509 bits per heavy atom. The Kier molecular flexibility index (Phi) is 39.5. The topological polar surface area (TPSA) is 378 Å². The third-order valence-corrected chi connectivity index (χ3v) is 4.55. The van der Waals surface area contributed by atoms with E-state index >= 15 is 0 Å². The summed E-state index contributed by atoms with van der Waals surface area (Å²) in [6.45, 7) is -4.50. The lowest BCUT2D eigenvalue weighted by Gasteiger charge is -2.23. The van der Waals surface area contributed by atoms with Crippen molar-refractivity contribution in [2.45, 2.75) is 0 Å². The smallest absolute Gasteiger partial charge is 0.317 e. The van der Waals surface area contributed by atoms with Crippen molar-refractivity contribution in [1.29, 1.82) is 0 Å². The first-order chi connectivity index (χ1) is 24.1. The van der Waals surface area contributed by atoms with Crippen molar-refractivity contribution < 1.29 is 93.1 Å². The molecule has 0 radical (unpaired) electrons. The summed E-state index contributed by atoms with van der Waals surface area (Å²) in [5.74, 6) is -9.82. The number of hydrogen-bond donors (Lipinski definition) is 8. The third-order valence-electron chi connectivity index (χ3n) is 4.55. The van der Waals surface area contributed by atoms with E-state index in [1.807, 2.05) is 0 Å². The monoisotopic (exact) mass is 813 g/mol. The van der Waals surface area contributed by atoms with Gasteiger partial charge in [-0.1, -0.05) is 22.4 Å². The molecule has 0 fully saturated rings. The zero-order valence-corrected chi connectivity index (χ0v) is 31.8. The lowest BCUT2D eigenvalue weighted by Crippen LogP contribution is -2.43. The highest BCUT2D eigenvalue weighted by atomic mass is 32.2. The maximum Gasteiger partial charge on any atom is 0.317 e. The molecule has 0 saturated carbocycles. The molecule has 0 aliphatic rings. The van der Waals surface area contributed by atoms with Gasteiger partial charge >= 0.3 is 47.8 Å². The molecule has 0 atom stereocenters. The van der Waals surface area contributed by atoms with Crippen LogP contribution in [0.5, 0.6) is 0 Å². The average Bonchev–Trinajstić information content (AvgIpc) is 2.92. The molecular formula is C27H51N5O19S2. The van der Waals surface area contributed by atoms with E-state index in [2.05, 4.69) is 0 Å². The Labute approximate surface area is 311 Å². The maximum atomic E-state index is 10.6. The molecule has 0 heterocycles. The quantitative estimate of drug-likeness (QED) is 0.0356. The maximum absolute atomic E-state index is 10.6. The Morgan fingerprint density at radius 3 is 0.566 bits per heavy atom. The highest BCUT2D eigenvalue weighted by molar-refractivity contribution is 7.90. The van der Waals surface area contributed by atoms with Crippen LogP contribution in [0.1, 0.15) is 0 Å². The molecule has 0 aliphatic heterocycles. The normalized spacial score (nSPS) is 10.1. The van der Waals surface area contributed by atoms with Gasteiger partial charge in [0.2, 0.25) is 6.41 Å². The number of carbonyl (C=O) groups is 9. The van der Waals surface area contributed by atoms with Gasteiger partial charge in [0.15, 0.2) is 0 Å². The van der Waals surface area contributed by atoms with Gasteiger partial charge in [-0.05, 0) is 0 Å². The van der Waals surface area contributed by atoms with Gasteiger partial charge < -0.3 is 54.9 Å². The Hall–Kier alpha value is -4.31. The predicted molar refractivity (Wildman–Crippen MR) is 187 cm³/mol. The van der Waals surface area contributed by atoms with Crippen molar-refractivity contribution in [3.63, 3.8) is 0 Å². The molecule has 0 aromatic carbocycles. The summed E-state index contributed by atoms with van der Waals surface area (Å²) in [6, 6.07) is 0. The fraction of sp³-hybridized carbons (Fsp3) is 0.667. The number of carboxylic acid groups (broad SMARTS) is 8. The SMILES string of the molecule is CN(C)C=O.C[S+](C)[O-].C[S+](C)[O-].O=C(O)CN(CCN(CC(=O)O)CC(=O)O)CC(=O)O.O=C(O)CN(CCN(CC(=O)O)CC(=O)O)CC(=O)O. The van der Waals surface area contributed by atoms with Crippen molar-refractivity contribution in [3.05, 3.63) is 0 Å². The van der Waals surface area contributed by atoms with E-state index in [0.29, 0.717) is 0 Å². The highest BCUT2D eigenvalue weighted by Crippen LogP contribution is 1.95. The minimum absolute atomic E-state index is 0.0703. The van der Waals surface area contributed by atoms with Crippen molar-refractivity contribution in [2.75, 3.05) is 118 Å². The molecule has 0 bridgehead atoms. The lowest BCUT2D eigenvalue weighted by atomic mass is 10.4. The van der Waals surface area contributed by atoms with Crippen molar-refractivity contribution in [3.8, 4) is 0 Å². The second-order valence-corrected chi connectivity index (χ2v) is 13.5. The molecule has 53 heavy (non-hydrogen) atoms. The second kappa shape index (κ2) is 36.1. The molecule has 0 aromatic rings. The van der Waals surface area contributed by atoms with Gasteiger partial charge in [0.05, 0.1) is 77.4 Å². The van der Waals surface area contributed by atoms with Crippen LogP contribution in [0.2, 0.25) is 0 Å². The predicted octanol–water partition coefficient (Wildman–Crippen LogP) is -4.45. The molecule has 0 unspecified atom stereocenters. The Bertz CT molecular complexity index is 895. The standard InChI is InChI=1S/2C10H16N2O8.C3H7NO.2C2H6OS/c2*13-7(14)3-11(4-8(15)16)1-2-12(5-9(17)18)6-10(19)20;1-4(2)3-5;2*1-4(2)3/h2*1-6H2,(H,13,14)(H,15,16)(H,17,18)(H,19,20);3H,1-2H3;2*1-2H3. The summed E-state index contributed by atoms with van der Waals surface area (Å²) < 4.78 is 19.1. The van der Waals surface area contributed by atoms with E-state index in [1.54, 1.807) is 39.1 Å². The number of nitrogens with zero attached hydrogens (tertiary/aromatic N) is 5. The molecule has 24 nitrogen and oxygen atoms in total. The first-order valence-electron chi connectivity index (χ1n) is 14.4. The van der Waals surface area contributed by atoms with Crippen LogP contribution in [0, 0.1) is 0 Å². The van der Waals surface area contributed by atoms with Gasteiger partial charge in [0.1, 0.15) is 0 Å². The summed E-state index contributed by atoms with van der Waals surface area (Å²) in [7, 11) is 3.38. The third kappa shape index (κ3) is 63.2. The van der Waals surface area contributed by atoms with Crippen LogP contribution < -0.4 is 0 Å². The van der Waals surface area contributed by atoms with E-state index in [0.717, 1.165) is 26.0 Å². The number of carbonyl (C=O) groups excluding carboxylic acids is 1. The van der Waals surface area contributed by atoms with Crippen LogP contribution in [0.3, 0.4) is 0 Å². The van der Waals surface area contributed by atoms with Crippen LogP contribution in [0.4, 0.5) is 0 Å². The van der Waals surface area contributed by atoms with Crippen LogP contribution in [-0.4, -0.2) is 246 Å². The minimum atomic E-state index is -1.23. The molecule has 0 rings (SSSR count). The minimum Gasteiger partial charge on any atom is -0.617 e. The number of amides is 1. The lowest BCUT2D eigenvalue weighted by molar-refractivity contribution is -0.145. The zero-order valence-electron chi connectivity index (χ0n) is 30.2. The number of hydrogen-bond acceptors (Lipinski definition) is 15. The summed E-state index contributed by atoms with van der Waals surface area (Å²) in [5, 5.41) is 68.9. The molecule has 0 aliphatic carbocycles. The van der Waals surface area contributed by atoms with Crippen LogP contribution in [0.25, 0.3) is 0 Å². The summed E-state index contributed by atoms with van der Waals surface area (Å²) >= 11 is -1.22. The largest absolute Gasteiger partial charge is 0.617 e. The molecule has 8 N–H and O–H groups in total. The summed E-state index contributed by atoms with van der Waals surface area (Å²) in [5.41, 5.74) is 0. The van der Waals surface area contributed by atoms with Crippen molar-refractivity contribution in [1.82, 2.24) is 24.5 Å². The molecule has 0 aromatic heterocycles. The van der Waals surface area contributed by atoms with Gasteiger partial charge in [-0.15, -0.1) is 0 Å². The van der Waals surface area contributed by atoms with Crippen molar-refractivity contribution in [2.24, 2.45) is 0 Å². The fourth-order valence-electron chi connectivity index (χ4n) is 2.95.